The van der Waals surface area contributed by atoms with Crippen LogP contribution >= 0.6 is 0 Å². The Morgan fingerprint density at radius 3 is 2.90 bits per heavy atom. The van der Waals surface area contributed by atoms with Gasteiger partial charge in [0, 0.05) is 11.6 Å². The van der Waals surface area contributed by atoms with Crippen molar-refractivity contribution >= 4 is 5.69 Å². The van der Waals surface area contributed by atoms with Crippen LogP contribution in [0.1, 0.15) is 5.56 Å². The largest absolute Gasteiger partial charge is 0.506 e. The van der Waals surface area contributed by atoms with Gasteiger partial charge in [-0.3, -0.25) is 0 Å². The molecule has 0 spiro atoms. The summed E-state index contributed by atoms with van der Waals surface area (Å²) in [5.74, 6) is 2.33. The van der Waals surface area contributed by atoms with Crippen LogP contribution in [0.4, 0.5) is 5.69 Å². The third kappa shape index (κ3) is 1.03. The van der Waals surface area contributed by atoms with Crippen LogP contribution in [0.15, 0.2) is 12.1 Å². The molecule has 49 valence electrons. The fourth-order valence-corrected chi connectivity index (χ4v) is 0.574. The summed E-state index contributed by atoms with van der Waals surface area (Å²) in [7, 11) is 0. The van der Waals surface area contributed by atoms with Crippen molar-refractivity contribution in [1.29, 1.82) is 0 Å². The fraction of sp³-hybridized carbons (Fsp3) is 0. The summed E-state index contributed by atoms with van der Waals surface area (Å²) in [6.45, 7) is 0. The smallest absolute Gasteiger partial charge is 0.139 e. The molecule has 0 aliphatic rings. The molecule has 0 unspecified atom stereocenters. The molecule has 1 aromatic carbocycles. The van der Waals surface area contributed by atoms with Gasteiger partial charge in [0.2, 0.25) is 0 Å². The monoisotopic (exact) mass is 132 g/mol. The normalized spacial score (nSPS) is 8.70. The number of phenols is 1. The number of aromatic hydroxyl groups is 1. The van der Waals surface area contributed by atoms with E-state index in [2.05, 4.69) is 12.0 Å². The maximum absolute atomic E-state index is 8.99. The molecule has 2 nitrogen and oxygen atoms in total. The first kappa shape index (κ1) is 6.50. The number of phenolic OH excluding ortho intramolecular Hbond substituents is 1. The molecule has 2 heteroatoms. The summed E-state index contributed by atoms with van der Waals surface area (Å²) in [5.41, 5.74) is 6.09. The predicted molar refractivity (Wildman–Crippen MR) is 39.3 cm³/mol. The molecule has 0 saturated carbocycles. The van der Waals surface area contributed by atoms with Gasteiger partial charge in [-0.2, -0.15) is 0 Å². The molecular formula is C8H6NO. The molecular weight excluding hydrogens is 126 g/mol. The number of rotatable bonds is 0. The van der Waals surface area contributed by atoms with Crippen LogP contribution in [0.3, 0.4) is 0 Å². The molecule has 0 amide bonds. The first-order valence-electron chi connectivity index (χ1n) is 2.71. The molecule has 1 radical (unpaired) electrons. The highest BCUT2D eigenvalue weighted by Gasteiger charge is 1.95. The zero-order chi connectivity index (χ0) is 7.56. The van der Waals surface area contributed by atoms with E-state index in [0.29, 0.717) is 11.3 Å². The van der Waals surface area contributed by atoms with E-state index in [0.717, 1.165) is 0 Å². The molecule has 0 fully saturated rings. The Kier molecular flexibility index (Phi) is 1.51. The third-order valence-corrected chi connectivity index (χ3v) is 1.12. The molecule has 0 atom stereocenters. The van der Waals surface area contributed by atoms with Gasteiger partial charge in [-0.1, -0.05) is 5.92 Å². The molecule has 1 rings (SSSR count). The van der Waals surface area contributed by atoms with Crippen molar-refractivity contribution in [3.8, 4) is 18.1 Å². The van der Waals surface area contributed by atoms with Gasteiger partial charge in [0.05, 0.1) is 5.69 Å². The number of benzene rings is 1. The highest BCUT2D eigenvalue weighted by molar-refractivity contribution is 5.54. The minimum Gasteiger partial charge on any atom is -0.506 e. The maximum Gasteiger partial charge on any atom is 0.139 e. The minimum atomic E-state index is 0.00620. The van der Waals surface area contributed by atoms with E-state index in [4.69, 9.17) is 17.3 Å². The standard InChI is InChI=1S/C8H6NO/c1-2-6-3-4-7(9)8(10)5-6/h1,4-5,10H,9H2. The lowest BCUT2D eigenvalue weighted by atomic mass is 10.2. The van der Waals surface area contributed by atoms with E-state index in [1.54, 1.807) is 0 Å². The van der Waals surface area contributed by atoms with Crippen molar-refractivity contribution in [2.24, 2.45) is 0 Å². The zero-order valence-corrected chi connectivity index (χ0v) is 5.26. The fourth-order valence-electron chi connectivity index (χ4n) is 0.574. The lowest BCUT2D eigenvalue weighted by Crippen LogP contribution is -1.85. The molecule has 3 N–H and O–H groups in total. The summed E-state index contributed by atoms with van der Waals surface area (Å²) in [5, 5.41) is 8.99. The molecule has 0 heterocycles. The van der Waals surface area contributed by atoms with Crippen molar-refractivity contribution in [1.82, 2.24) is 0 Å². The lowest BCUT2D eigenvalue weighted by Gasteiger charge is -1.96. The minimum absolute atomic E-state index is 0.00620. The Morgan fingerprint density at radius 2 is 2.40 bits per heavy atom. The van der Waals surface area contributed by atoms with Gasteiger partial charge in [0.25, 0.3) is 0 Å². The van der Waals surface area contributed by atoms with Crippen LogP contribution in [0.25, 0.3) is 0 Å². The van der Waals surface area contributed by atoms with E-state index < -0.39 is 0 Å². The Bertz CT molecular complexity index is 286. The van der Waals surface area contributed by atoms with Gasteiger partial charge in [0.15, 0.2) is 0 Å². The van der Waals surface area contributed by atoms with Gasteiger partial charge in [0.1, 0.15) is 5.75 Å². The number of hydrogen-bond acceptors (Lipinski definition) is 2. The summed E-state index contributed by atoms with van der Waals surface area (Å²) >= 11 is 0. The summed E-state index contributed by atoms with van der Waals surface area (Å²) < 4.78 is 0. The van der Waals surface area contributed by atoms with Crippen molar-refractivity contribution < 1.29 is 5.11 Å². The quantitative estimate of drug-likeness (QED) is 0.311. The van der Waals surface area contributed by atoms with Crippen LogP contribution < -0.4 is 5.73 Å². The average Bonchev–Trinajstić information content (AvgIpc) is 1.95. The number of terminal acetylenes is 1. The third-order valence-electron chi connectivity index (χ3n) is 1.12. The Labute approximate surface area is 59.3 Å². The van der Waals surface area contributed by atoms with Crippen LogP contribution in [0, 0.1) is 18.4 Å². The second kappa shape index (κ2) is 2.32. The van der Waals surface area contributed by atoms with Crippen LogP contribution in [-0.4, -0.2) is 5.11 Å². The topological polar surface area (TPSA) is 46.2 Å². The molecule has 0 aliphatic carbocycles. The van der Waals surface area contributed by atoms with Crippen LogP contribution in [0.2, 0.25) is 0 Å². The first-order chi connectivity index (χ1) is 4.74. The number of hydrogen-bond donors (Lipinski definition) is 2. The van der Waals surface area contributed by atoms with E-state index in [9.17, 15) is 0 Å². The molecule has 0 aromatic heterocycles. The van der Waals surface area contributed by atoms with E-state index in [1.165, 1.54) is 12.1 Å². The van der Waals surface area contributed by atoms with Crippen molar-refractivity contribution in [2.75, 3.05) is 5.73 Å². The van der Waals surface area contributed by atoms with E-state index in [1.807, 2.05) is 0 Å². The van der Waals surface area contributed by atoms with Crippen molar-refractivity contribution in [3.05, 3.63) is 23.8 Å². The second-order valence-electron chi connectivity index (χ2n) is 1.83. The van der Waals surface area contributed by atoms with Gasteiger partial charge < -0.3 is 10.8 Å². The number of anilines is 1. The summed E-state index contributed by atoms with van der Waals surface area (Å²) in [4.78, 5) is 0. The predicted octanol–water partition coefficient (Wildman–Crippen LogP) is 0.756. The summed E-state index contributed by atoms with van der Waals surface area (Å²) in [6.07, 6.45) is 5.04. The van der Waals surface area contributed by atoms with Crippen LogP contribution in [-0.2, 0) is 0 Å². The maximum atomic E-state index is 8.99. The van der Waals surface area contributed by atoms with E-state index in [-0.39, 0.29) is 5.75 Å². The first-order valence-corrected chi connectivity index (χ1v) is 2.71. The highest BCUT2D eigenvalue weighted by Crippen LogP contribution is 2.19. The highest BCUT2D eigenvalue weighted by atomic mass is 16.3. The SMILES string of the molecule is C#Cc1[c]cc(N)c(O)c1. The lowest BCUT2D eigenvalue weighted by molar-refractivity contribution is 0.478. The zero-order valence-electron chi connectivity index (χ0n) is 5.26. The second-order valence-corrected chi connectivity index (χ2v) is 1.83. The van der Waals surface area contributed by atoms with Crippen LogP contribution in [0.5, 0.6) is 5.75 Å². The van der Waals surface area contributed by atoms with Gasteiger partial charge in [-0.25, -0.2) is 0 Å². The number of nitrogen functional groups attached to an aromatic ring is 1. The van der Waals surface area contributed by atoms with Crippen molar-refractivity contribution in [2.45, 2.75) is 0 Å². The molecule has 0 bridgehead atoms. The number of nitrogens with two attached hydrogens (primary N) is 1. The van der Waals surface area contributed by atoms with E-state index >= 15 is 0 Å². The van der Waals surface area contributed by atoms with Gasteiger partial charge in [-0.15, -0.1) is 6.42 Å². The Balaban J connectivity index is 3.20. The Morgan fingerprint density at radius 1 is 1.70 bits per heavy atom. The molecule has 0 saturated heterocycles. The average molecular weight is 132 g/mol. The molecule has 0 aliphatic heterocycles. The molecule has 1 aromatic rings. The Hall–Kier alpha value is -1.62. The van der Waals surface area contributed by atoms with Crippen molar-refractivity contribution in [3.63, 3.8) is 0 Å². The molecule has 10 heavy (non-hydrogen) atoms. The summed E-state index contributed by atoms with van der Waals surface area (Å²) in [6, 6.07) is 5.55. The van der Waals surface area contributed by atoms with Gasteiger partial charge >= 0.3 is 0 Å². The van der Waals surface area contributed by atoms with Gasteiger partial charge in [-0.05, 0) is 12.1 Å².